The minimum atomic E-state index is -0.326. The topological polar surface area (TPSA) is 43.4 Å². The molecule has 0 saturated carbocycles. The minimum absolute atomic E-state index is 0. The standard InChI is InChI=1S/C33H64O3.Ca.2H/c1-3-5-7-9-11-13-15-17-19-21-23-25-27-29-31-33(35)36-32(34)30-28-26-24-22-20-18-16-14-12-10-8-6-4-2;;;/h3-31H2,1-2H3;;;/q;+2;2*-1. The molecule has 0 fully saturated rings. The molecule has 218 valence electrons. The Hall–Kier alpha value is 0.400. The van der Waals surface area contributed by atoms with Crippen LogP contribution in [0.3, 0.4) is 0 Å². The van der Waals surface area contributed by atoms with Gasteiger partial charge in [-0.25, -0.2) is 0 Å². The van der Waals surface area contributed by atoms with Gasteiger partial charge in [-0.05, 0) is 12.8 Å². The third-order valence-corrected chi connectivity index (χ3v) is 7.45. The molecule has 0 heterocycles. The van der Waals surface area contributed by atoms with Crippen molar-refractivity contribution in [1.29, 1.82) is 0 Å². The summed E-state index contributed by atoms with van der Waals surface area (Å²) >= 11 is 0. The molecule has 0 aromatic rings. The van der Waals surface area contributed by atoms with Crippen molar-refractivity contribution in [2.75, 3.05) is 0 Å². The number of unbranched alkanes of at least 4 members (excludes halogenated alkanes) is 25. The molecule has 37 heavy (non-hydrogen) atoms. The zero-order chi connectivity index (χ0) is 26.4. The molecule has 0 saturated heterocycles. The molecular weight excluding hydrogens is 484 g/mol. The van der Waals surface area contributed by atoms with E-state index in [-0.39, 0.29) is 52.5 Å². The molecule has 3 nitrogen and oxygen atoms in total. The van der Waals surface area contributed by atoms with Crippen LogP contribution in [-0.4, -0.2) is 49.7 Å². The van der Waals surface area contributed by atoms with E-state index in [4.69, 9.17) is 4.74 Å². The molecule has 4 heteroatoms. The number of esters is 2. The summed E-state index contributed by atoms with van der Waals surface area (Å²) in [6.45, 7) is 4.54. The maximum absolute atomic E-state index is 11.9. The van der Waals surface area contributed by atoms with E-state index in [1.807, 2.05) is 0 Å². The van der Waals surface area contributed by atoms with E-state index in [0.717, 1.165) is 25.7 Å². The Kier molecular flexibility index (Phi) is 36.8. The number of hydrogen-bond donors (Lipinski definition) is 0. The first-order chi connectivity index (χ1) is 17.7. The van der Waals surface area contributed by atoms with Crippen LogP contribution in [0.15, 0.2) is 0 Å². The van der Waals surface area contributed by atoms with Gasteiger partial charge < -0.3 is 7.59 Å². The molecule has 0 bridgehead atoms. The summed E-state index contributed by atoms with van der Waals surface area (Å²) in [5, 5.41) is 0. The third kappa shape index (κ3) is 34.4. The van der Waals surface area contributed by atoms with Gasteiger partial charge in [0.05, 0.1) is 0 Å². The van der Waals surface area contributed by atoms with E-state index in [9.17, 15) is 9.59 Å². The number of carbonyl (C=O) groups excluding carboxylic acids is 2. The Morgan fingerprint density at radius 2 is 0.568 bits per heavy atom. The van der Waals surface area contributed by atoms with Crippen molar-refractivity contribution in [2.24, 2.45) is 0 Å². The van der Waals surface area contributed by atoms with Crippen LogP contribution < -0.4 is 0 Å². The predicted octanol–water partition coefficient (Wildman–Crippen LogP) is 11.3. The van der Waals surface area contributed by atoms with Gasteiger partial charge in [0.25, 0.3) is 0 Å². The second-order valence-corrected chi connectivity index (χ2v) is 11.2. The molecular formula is C33H66CaO3. The van der Waals surface area contributed by atoms with Crippen LogP contribution in [0.5, 0.6) is 0 Å². The van der Waals surface area contributed by atoms with Crippen LogP contribution in [0.4, 0.5) is 0 Å². The smallest absolute Gasteiger partial charge is 1.00 e. The van der Waals surface area contributed by atoms with Crippen molar-refractivity contribution >= 4 is 49.7 Å². The molecule has 0 amide bonds. The van der Waals surface area contributed by atoms with Gasteiger partial charge in [0.1, 0.15) is 0 Å². The molecule has 0 aliphatic rings. The van der Waals surface area contributed by atoms with E-state index >= 15 is 0 Å². The van der Waals surface area contributed by atoms with Gasteiger partial charge in [-0.3, -0.25) is 9.59 Å². The Morgan fingerprint density at radius 1 is 0.378 bits per heavy atom. The average molecular weight is 551 g/mol. The summed E-state index contributed by atoms with van der Waals surface area (Å²) in [4.78, 5) is 23.7. The Balaban J connectivity index is -0.00000204. The number of carbonyl (C=O) groups is 2. The monoisotopic (exact) mass is 550 g/mol. The molecule has 0 N–H and O–H groups in total. The average Bonchev–Trinajstić information content (AvgIpc) is 2.87. The summed E-state index contributed by atoms with van der Waals surface area (Å²) < 4.78 is 4.99. The molecule has 0 unspecified atom stereocenters. The fraction of sp³-hybridized carbons (Fsp3) is 0.939. The summed E-state index contributed by atoms with van der Waals surface area (Å²) in [6.07, 6.45) is 35.7. The maximum atomic E-state index is 11.9. The zero-order valence-electron chi connectivity index (χ0n) is 27.4. The molecule has 0 spiro atoms. The van der Waals surface area contributed by atoms with E-state index in [0.29, 0.717) is 12.8 Å². The number of ether oxygens (including phenoxy) is 1. The second kappa shape index (κ2) is 34.4. The zero-order valence-corrected chi connectivity index (χ0v) is 27.6. The number of hydrogen-bond acceptors (Lipinski definition) is 3. The molecule has 0 radical (unpaired) electrons. The molecule has 0 atom stereocenters. The quantitative estimate of drug-likeness (QED) is 0.0402. The second-order valence-electron chi connectivity index (χ2n) is 11.2. The Morgan fingerprint density at radius 3 is 0.784 bits per heavy atom. The van der Waals surface area contributed by atoms with Crippen molar-refractivity contribution in [3.05, 3.63) is 0 Å². The van der Waals surface area contributed by atoms with Crippen molar-refractivity contribution in [3.8, 4) is 0 Å². The summed E-state index contributed by atoms with van der Waals surface area (Å²) in [5.41, 5.74) is 0. The van der Waals surface area contributed by atoms with Crippen LogP contribution in [0.1, 0.15) is 203 Å². The van der Waals surface area contributed by atoms with Gasteiger partial charge >= 0.3 is 49.7 Å². The van der Waals surface area contributed by atoms with Gasteiger partial charge in [-0.15, -0.1) is 0 Å². The molecule has 0 aromatic heterocycles. The van der Waals surface area contributed by atoms with Crippen LogP contribution in [0.2, 0.25) is 0 Å². The minimum Gasteiger partial charge on any atom is -1.00 e. The largest absolute Gasteiger partial charge is 2.00 e. The fourth-order valence-corrected chi connectivity index (χ4v) is 4.98. The van der Waals surface area contributed by atoms with Crippen LogP contribution in [0.25, 0.3) is 0 Å². The molecule has 0 aromatic carbocycles. The van der Waals surface area contributed by atoms with E-state index in [1.165, 1.54) is 148 Å². The molecule has 0 rings (SSSR count). The third-order valence-electron chi connectivity index (χ3n) is 7.45. The van der Waals surface area contributed by atoms with E-state index in [2.05, 4.69) is 13.8 Å². The van der Waals surface area contributed by atoms with Crippen LogP contribution in [-0.2, 0) is 14.3 Å². The van der Waals surface area contributed by atoms with Crippen LogP contribution >= 0.6 is 0 Å². The first-order valence-electron chi connectivity index (χ1n) is 16.4. The Bertz CT molecular complexity index is 478. The summed E-state index contributed by atoms with van der Waals surface area (Å²) in [7, 11) is 0. The first kappa shape index (κ1) is 39.5. The van der Waals surface area contributed by atoms with Gasteiger partial charge in [0, 0.05) is 12.8 Å². The van der Waals surface area contributed by atoms with Gasteiger partial charge in [-0.1, -0.05) is 174 Å². The summed E-state index contributed by atoms with van der Waals surface area (Å²) in [6, 6.07) is 0. The molecule has 0 aliphatic carbocycles. The van der Waals surface area contributed by atoms with Gasteiger partial charge in [0.2, 0.25) is 0 Å². The molecule has 0 aliphatic heterocycles. The van der Waals surface area contributed by atoms with Crippen molar-refractivity contribution in [3.63, 3.8) is 0 Å². The normalized spacial score (nSPS) is 10.9. The summed E-state index contributed by atoms with van der Waals surface area (Å²) in [5.74, 6) is -0.651. The van der Waals surface area contributed by atoms with Crippen molar-refractivity contribution in [2.45, 2.75) is 200 Å². The number of rotatable bonds is 29. The van der Waals surface area contributed by atoms with Gasteiger partial charge in [0.15, 0.2) is 0 Å². The van der Waals surface area contributed by atoms with Gasteiger partial charge in [-0.2, -0.15) is 0 Å². The predicted molar refractivity (Wildman–Crippen MR) is 164 cm³/mol. The van der Waals surface area contributed by atoms with Crippen molar-refractivity contribution < 1.29 is 17.2 Å². The van der Waals surface area contributed by atoms with E-state index in [1.54, 1.807) is 0 Å². The first-order valence-corrected chi connectivity index (χ1v) is 16.4. The van der Waals surface area contributed by atoms with Crippen molar-refractivity contribution in [1.82, 2.24) is 0 Å². The SMILES string of the molecule is CCCCCCCCCCCCCCCCC(=O)OC(=O)CCCCCCCCCCCCCCC.[Ca+2].[H-].[H-]. The fourth-order valence-electron chi connectivity index (χ4n) is 4.98. The Labute approximate surface area is 265 Å². The van der Waals surface area contributed by atoms with Crippen LogP contribution in [0, 0.1) is 0 Å². The van der Waals surface area contributed by atoms with E-state index < -0.39 is 0 Å². The maximum Gasteiger partial charge on any atom is 2.00 e.